The average Bonchev–Trinajstić information content (AvgIpc) is 2.59. The van der Waals surface area contributed by atoms with Crippen LogP contribution in [0.4, 0.5) is 4.39 Å². The second-order valence-electron chi connectivity index (χ2n) is 6.25. The quantitative estimate of drug-likeness (QED) is 0.908. The molecule has 0 spiro atoms. The SMILES string of the molecule is Cc1ccccc1CC(=O)N[C@@H]1COCC[C@@H]1Oc1cccc(F)c1. The lowest BCUT2D eigenvalue weighted by molar-refractivity contribution is -0.123. The Labute approximate surface area is 147 Å². The van der Waals surface area contributed by atoms with Gasteiger partial charge < -0.3 is 14.8 Å². The highest BCUT2D eigenvalue weighted by molar-refractivity contribution is 5.79. The number of rotatable bonds is 5. The zero-order chi connectivity index (χ0) is 17.6. The van der Waals surface area contributed by atoms with E-state index >= 15 is 0 Å². The van der Waals surface area contributed by atoms with E-state index in [4.69, 9.17) is 9.47 Å². The molecular formula is C20H22FNO3. The first-order valence-electron chi connectivity index (χ1n) is 8.45. The highest BCUT2D eigenvalue weighted by Crippen LogP contribution is 2.19. The van der Waals surface area contributed by atoms with Crippen molar-refractivity contribution in [1.82, 2.24) is 5.32 Å². The summed E-state index contributed by atoms with van der Waals surface area (Å²) in [7, 11) is 0. The zero-order valence-electron chi connectivity index (χ0n) is 14.2. The van der Waals surface area contributed by atoms with Crippen molar-refractivity contribution in [1.29, 1.82) is 0 Å². The first-order valence-corrected chi connectivity index (χ1v) is 8.45. The predicted octanol–water partition coefficient (Wildman–Crippen LogP) is 3.03. The van der Waals surface area contributed by atoms with Crippen LogP contribution in [0.1, 0.15) is 17.5 Å². The third-order valence-electron chi connectivity index (χ3n) is 4.34. The molecule has 5 heteroatoms. The second-order valence-corrected chi connectivity index (χ2v) is 6.25. The molecule has 1 fully saturated rings. The number of hydrogen-bond acceptors (Lipinski definition) is 3. The monoisotopic (exact) mass is 343 g/mol. The van der Waals surface area contributed by atoms with E-state index in [-0.39, 0.29) is 23.9 Å². The van der Waals surface area contributed by atoms with Gasteiger partial charge in [-0.2, -0.15) is 0 Å². The molecule has 1 heterocycles. The number of benzene rings is 2. The summed E-state index contributed by atoms with van der Waals surface area (Å²) >= 11 is 0. The van der Waals surface area contributed by atoms with Gasteiger partial charge in [-0.3, -0.25) is 4.79 Å². The van der Waals surface area contributed by atoms with Crippen LogP contribution in [-0.2, 0) is 16.0 Å². The molecule has 3 rings (SSSR count). The molecule has 2 atom stereocenters. The summed E-state index contributed by atoms with van der Waals surface area (Å²) in [4.78, 5) is 12.4. The van der Waals surface area contributed by atoms with Crippen molar-refractivity contribution in [3.8, 4) is 5.75 Å². The number of carbonyl (C=O) groups is 1. The maximum atomic E-state index is 13.3. The number of amides is 1. The summed E-state index contributed by atoms with van der Waals surface area (Å²) in [6.45, 7) is 2.94. The lowest BCUT2D eigenvalue weighted by atomic mass is 10.0. The van der Waals surface area contributed by atoms with Gasteiger partial charge >= 0.3 is 0 Å². The molecular weight excluding hydrogens is 321 g/mol. The maximum absolute atomic E-state index is 13.3. The van der Waals surface area contributed by atoms with Crippen LogP contribution in [0.25, 0.3) is 0 Å². The Morgan fingerprint density at radius 1 is 1.28 bits per heavy atom. The Balaban J connectivity index is 1.62. The van der Waals surface area contributed by atoms with Gasteiger partial charge in [-0.15, -0.1) is 0 Å². The number of ether oxygens (including phenoxy) is 2. The van der Waals surface area contributed by atoms with E-state index in [1.807, 2.05) is 31.2 Å². The fraction of sp³-hybridized carbons (Fsp3) is 0.350. The van der Waals surface area contributed by atoms with Gasteiger partial charge in [0, 0.05) is 12.5 Å². The number of nitrogens with one attached hydrogen (secondary N) is 1. The Hall–Kier alpha value is -2.40. The standard InChI is InChI=1S/C20H22FNO3/c1-14-5-2-3-6-15(14)11-20(23)22-18-13-24-10-9-19(18)25-17-8-4-7-16(21)12-17/h2-8,12,18-19H,9-11,13H2,1H3,(H,22,23)/t18-,19+/m1/s1. The summed E-state index contributed by atoms with van der Waals surface area (Å²) in [5.74, 6) is 0.0485. The van der Waals surface area contributed by atoms with Gasteiger partial charge in [-0.25, -0.2) is 4.39 Å². The molecule has 1 saturated heterocycles. The topological polar surface area (TPSA) is 47.6 Å². The third-order valence-corrected chi connectivity index (χ3v) is 4.34. The molecule has 1 aliphatic heterocycles. The number of carbonyl (C=O) groups excluding carboxylic acids is 1. The molecule has 2 aromatic rings. The fourth-order valence-electron chi connectivity index (χ4n) is 2.95. The van der Waals surface area contributed by atoms with E-state index in [0.29, 0.717) is 31.8 Å². The smallest absolute Gasteiger partial charge is 0.224 e. The van der Waals surface area contributed by atoms with Crippen molar-refractivity contribution in [2.24, 2.45) is 0 Å². The minimum atomic E-state index is -0.343. The van der Waals surface area contributed by atoms with Crippen LogP contribution >= 0.6 is 0 Å². The molecule has 0 aromatic heterocycles. The van der Waals surface area contributed by atoms with Crippen LogP contribution in [0, 0.1) is 12.7 Å². The molecule has 25 heavy (non-hydrogen) atoms. The lowest BCUT2D eigenvalue weighted by Gasteiger charge is -2.32. The molecule has 1 N–H and O–H groups in total. The third kappa shape index (κ3) is 4.79. The van der Waals surface area contributed by atoms with E-state index in [0.717, 1.165) is 11.1 Å². The van der Waals surface area contributed by atoms with Gasteiger partial charge in [0.25, 0.3) is 0 Å². The molecule has 0 saturated carbocycles. The van der Waals surface area contributed by atoms with Crippen molar-refractivity contribution in [2.45, 2.75) is 31.9 Å². The van der Waals surface area contributed by atoms with Crippen molar-refractivity contribution in [2.75, 3.05) is 13.2 Å². The van der Waals surface area contributed by atoms with Gasteiger partial charge in [0.05, 0.1) is 25.7 Å². The summed E-state index contributed by atoms with van der Waals surface area (Å²) < 4.78 is 24.7. The molecule has 1 aliphatic rings. The maximum Gasteiger partial charge on any atom is 0.224 e. The number of hydrogen-bond donors (Lipinski definition) is 1. The molecule has 0 bridgehead atoms. The molecule has 2 aromatic carbocycles. The Morgan fingerprint density at radius 2 is 2.12 bits per heavy atom. The van der Waals surface area contributed by atoms with E-state index < -0.39 is 0 Å². The summed E-state index contributed by atoms with van der Waals surface area (Å²) in [6, 6.07) is 13.6. The van der Waals surface area contributed by atoms with Crippen molar-refractivity contribution >= 4 is 5.91 Å². The highest BCUT2D eigenvalue weighted by Gasteiger charge is 2.29. The van der Waals surface area contributed by atoms with Crippen molar-refractivity contribution in [3.05, 3.63) is 65.5 Å². The molecule has 4 nitrogen and oxygen atoms in total. The summed E-state index contributed by atoms with van der Waals surface area (Å²) in [6.07, 6.45) is 0.721. The Morgan fingerprint density at radius 3 is 2.92 bits per heavy atom. The van der Waals surface area contributed by atoms with Crippen LogP contribution in [0.5, 0.6) is 5.75 Å². The predicted molar refractivity (Wildman–Crippen MR) is 93.1 cm³/mol. The first-order chi connectivity index (χ1) is 12.1. The summed E-state index contributed by atoms with van der Waals surface area (Å²) in [5.41, 5.74) is 2.09. The van der Waals surface area contributed by atoms with Crippen LogP contribution in [0.15, 0.2) is 48.5 Å². The van der Waals surface area contributed by atoms with Gasteiger partial charge in [0.2, 0.25) is 5.91 Å². The van der Waals surface area contributed by atoms with Gasteiger partial charge in [0.1, 0.15) is 17.7 Å². The van der Waals surface area contributed by atoms with Crippen LogP contribution in [0.2, 0.25) is 0 Å². The number of halogens is 1. The minimum absolute atomic E-state index is 0.0716. The minimum Gasteiger partial charge on any atom is -0.488 e. The van der Waals surface area contributed by atoms with Crippen LogP contribution < -0.4 is 10.1 Å². The Kier molecular flexibility index (Phi) is 5.66. The number of aryl methyl sites for hydroxylation is 1. The van der Waals surface area contributed by atoms with Crippen LogP contribution in [0.3, 0.4) is 0 Å². The van der Waals surface area contributed by atoms with E-state index in [9.17, 15) is 9.18 Å². The summed E-state index contributed by atoms with van der Waals surface area (Å²) in [5, 5.41) is 3.00. The largest absolute Gasteiger partial charge is 0.488 e. The molecule has 1 amide bonds. The fourth-order valence-corrected chi connectivity index (χ4v) is 2.95. The molecule has 0 aliphatic carbocycles. The van der Waals surface area contributed by atoms with E-state index in [1.165, 1.54) is 12.1 Å². The zero-order valence-corrected chi connectivity index (χ0v) is 14.2. The van der Waals surface area contributed by atoms with Crippen molar-refractivity contribution < 1.29 is 18.7 Å². The van der Waals surface area contributed by atoms with Gasteiger partial charge in [0.15, 0.2) is 0 Å². The van der Waals surface area contributed by atoms with E-state index in [2.05, 4.69) is 5.32 Å². The second kappa shape index (κ2) is 8.12. The highest BCUT2D eigenvalue weighted by atomic mass is 19.1. The molecule has 0 unspecified atom stereocenters. The lowest BCUT2D eigenvalue weighted by Crippen LogP contribution is -2.52. The first kappa shape index (κ1) is 17.4. The van der Waals surface area contributed by atoms with Crippen LogP contribution in [-0.4, -0.2) is 31.3 Å². The normalized spacial score (nSPS) is 20.1. The van der Waals surface area contributed by atoms with Crippen molar-refractivity contribution in [3.63, 3.8) is 0 Å². The van der Waals surface area contributed by atoms with E-state index in [1.54, 1.807) is 12.1 Å². The molecule has 0 radical (unpaired) electrons. The molecule has 132 valence electrons. The van der Waals surface area contributed by atoms with Gasteiger partial charge in [-0.1, -0.05) is 30.3 Å². The average molecular weight is 343 g/mol. The van der Waals surface area contributed by atoms with Gasteiger partial charge in [-0.05, 0) is 30.2 Å². The Bertz CT molecular complexity index is 734.